The molecule has 19 heavy (non-hydrogen) atoms. The number of phenols is 1. The number of carbonyl (C=O) groups is 1. The lowest BCUT2D eigenvalue weighted by Gasteiger charge is -2.04. The molecule has 0 aromatic heterocycles. The van der Waals surface area contributed by atoms with Crippen LogP contribution in [0.25, 0.3) is 0 Å². The molecule has 0 aliphatic heterocycles. The van der Waals surface area contributed by atoms with E-state index in [2.05, 4.69) is 6.58 Å². The zero-order valence-corrected chi connectivity index (χ0v) is 11.7. The van der Waals surface area contributed by atoms with E-state index in [1.54, 1.807) is 19.1 Å². The van der Waals surface area contributed by atoms with Crippen molar-refractivity contribution in [3.63, 3.8) is 0 Å². The molecular weight excluding hydrogens is 244 g/mol. The van der Waals surface area contributed by atoms with Crippen LogP contribution in [0.4, 0.5) is 0 Å². The third kappa shape index (κ3) is 6.50. The van der Waals surface area contributed by atoms with E-state index in [4.69, 9.17) is 9.84 Å². The van der Waals surface area contributed by atoms with E-state index in [1.807, 2.05) is 19.1 Å². The highest BCUT2D eigenvalue weighted by Gasteiger charge is 2.05. The first kappa shape index (κ1) is 17.0. The Kier molecular flexibility index (Phi) is 8.09. The minimum absolute atomic E-state index is 0.172. The lowest BCUT2D eigenvalue weighted by molar-refractivity contribution is -0.141. The van der Waals surface area contributed by atoms with Crippen LogP contribution in [0.2, 0.25) is 0 Å². The van der Waals surface area contributed by atoms with Crippen LogP contribution in [0.1, 0.15) is 25.8 Å². The van der Waals surface area contributed by atoms with Gasteiger partial charge in [-0.3, -0.25) is 4.79 Å². The number of phenolic OH excluding ortho intramolecular Hbond substituents is 1. The van der Waals surface area contributed by atoms with Gasteiger partial charge in [0.1, 0.15) is 0 Å². The largest absolute Gasteiger partial charge is 0.504 e. The zero-order valence-electron chi connectivity index (χ0n) is 11.7. The second kappa shape index (κ2) is 9.03. The van der Waals surface area contributed by atoms with Crippen molar-refractivity contribution in [3.8, 4) is 11.5 Å². The zero-order chi connectivity index (χ0) is 14.8. The molecule has 0 aliphatic rings. The van der Waals surface area contributed by atoms with Gasteiger partial charge in [0.05, 0.1) is 13.0 Å². The Balaban J connectivity index is 0.000000399. The molecule has 0 aliphatic carbocycles. The number of ether oxygens (including phenoxy) is 1. The van der Waals surface area contributed by atoms with E-state index in [-0.39, 0.29) is 11.7 Å². The summed E-state index contributed by atoms with van der Waals surface area (Å²) in [4.78, 5) is 9.93. The fourth-order valence-corrected chi connectivity index (χ4v) is 1.19. The van der Waals surface area contributed by atoms with Crippen molar-refractivity contribution in [2.45, 2.75) is 26.7 Å². The molecule has 1 aromatic carbocycles. The van der Waals surface area contributed by atoms with Gasteiger partial charge in [-0.15, -0.1) is 6.58 Å². The Hall–Kier alpha value is -1.97. The van der Waals surface area contributed by atoms with Gasteiger partial charge in [-0.25, -0.2) is 0 Å². The maximum absolute atomic E-state index is 9.93. The quantitative estimate of drug-likeness (QED) is 0.803. The molecule has 106 valence electrons. The molecule has 1 aromatic rings. The van der Waals surface area contributed by atoms with Crippen LogP contribution in [0.15, 0.2) is 30.9 Å². The maximum Gasteiger partial charge on any atom is 0.306 e. The first-order valence-electron chi connectivity index (χ1n) is 6.15. The van der Waals surface area contributed by atoms with Crippen LogP contribution in [0.5, 0.6) is 11.5 Å². The molecule has 0 amide bonds. The first-order chi connectivity index (χ1) is 8.96. The molecular formula is C15H22O4. The Morgan fingerprint density at radius 1 is 1.53 bits per heavy atom. The molecule has 0 spiro atoms. The summed E-state index contributed by atoms with van der Waals surface area (Å²) in [5.74, 6) is -0.206. The lowest BCUT2D eigenvalue weighted by Crippen LogP contribution is -2.06. The van der Waals surface area contributed by atoms with E-state index < -0.39 is 5.97 Å². The topological polar surface area (TPSA) is 66.8 Å². The number of methoxy groups -OCH3 is 1. The van der Waals surface area contributed by atoms with Gasteiger partial charge in [-0.05, 0) is 30.5 Å². The van der Waals surface area contributed by atoms with Crippen molar-refractivity contribution < 1.29 is 19.7 Å². The van der Waals surface area contributed by atoms with E-state index >= 15 is 0 Å². The standard InChI is InChI=1S/C10H12O2.C5H10O2/c1-3-4-8-5-6-9(11)10(7-8)12-2;1-3-4(2)5(6)7/h3,5-7,11H,1,4H2,2H3;4H,3H2,1-2H3,(H,6,7). The van der Waals surface area contributed by atoms with Gasteiger partial charge >= 0.3 is 5.97 Å². The molecule has 1 unspecified atom stereocenters. The highest BCUT2D eigenvalue weighted by molar-refractivity contribution is 5.69. The summed E-state index contributed by atoms with van der Waals surface area (Å²) in [6.45, 7) is 7.19. The van der Waals surface area contributed by atoms with Crippen molar-refractivity contribution in [2.75, 3.05) is 7.11 Å². The molecule has 0 radical (unpaired) electrons. The number of carboxylic acids is 1. The number of carboxylic acid groups (broad SMARTS) is 1. The summed E-state index contributed by atoms with van der Waals surface area (Å²) >= 11 is 0. The molecule has 4 nitrogen and oxygen atoms in total. The average molecular weight is 266 g/mol. The molecule has 2 N–H and O–H groups in total. The van der Waals surface area contributed by atoms with Crippen LogP contribution < -0.4 is 4.74 Å². The Bertz CT molecular complexity index is 413. The molecule has 0 fully saturated rings. The summed E-state index contributed by atoms with van der Waals surface area (Å²) in [6.07, 6.45) is 3.32. The summed E-state index contributed by atoms with van der Waals surface area (Å²) < 4.78 is 4.95. The Morgan fingerprint density at radius 2 is 2.16 bits per heavy atom. The molecule has 0 bridgehead atoms. The van der Waals surface area contributed by atoms with Crippen LogP contribution in [-0.2, 0) is 11.2 Å². The third-order valence-corrected chi connectivity index (χ3v) is 2.66. The van der Waals surface area contributed by atoms with Gasteiger partial charge in [0.2, 0.25) is 0 Å². The predicted molar refractivity (Wildman–Crippen MR) is 75.7 cm³/mol. The van der Waals surface area contributed by atoms with E-state index in [9.17, 15) is 9.90 Å². The monoisotopic (exact) mass is 266 g/mol. The lowest BCUT2D eigenvalue weighted by atomic mass is 10.1. The van der Waals surface area contributed by atoms with Crippen molar-refractivity contribution in [1.29, 1.82) is 0 Å². The second-order valence-electron chi connectivity index (χ2n) is 4.15. The van der Waals surface area contributed by atoms with Gasteiger partial charge in [-0.2, -0.15) is 0 Å². The van der Waals surface area contributed by atoms with Crippen molar-refractivity contribution in [3.05, 3.63) is 36.4 Å². The van der Waals surface area contributed by atoms with Gasteiger partial charge in [0.25, 0.3) is 0 Å². The van der Waals surface area contributed by atoms with Crippen LogP contribution in [0.3, 0.4) is 0 Å². The van der Waals surface area contributed by atoms with Gasteiger partial charge in [-0.1, -0.05) is 26.0 Å². The van der Waals surface area contributed by atoms with Gasteiger partial charge in [0, 0.05) is 0 Å². The fourth-order valence-electron chi connectivity index (χ4n) is 1.19. The first-order valence-corrected chi connectivity index (χ1v) is 6.15. The van der Waals surface area contributed by atoms with Crippen LogP contribution in [-0.4, -0.2) is 23.3 Å². The number of aliphatic carboxylic acids is 1. The summed E-state index contributed by atoms with van der Waals surface area (Å²) in [7, 11) is 1.53. The normalized spacial score (nSPS) is 10.9. The van der Waals surface area contributed by atoms with E-state index in [0.29, 0.717) is 5.75 Å². The van der Waals surface area contributed by atoms with Crippen molar-refractivity contribution in [1.82, 2.24) is 0 Å². The Labute approximate surface area is 114 Å². The van der Waals surface area contributed by atoms with E-state index in [0.717, 1.165) is 18.4 Å². The number of hydrogen-bond acceptors (Lipinski definition) is 3. The number of rotatable bonds is 5. The minimum atomic E-state index is -0.706. The van der Waals surface area contributed by atoms with Crippen molar-refractivity contribution in [2.24, 2.45) is 5.92 Å². The number of benzene rings is 1. The van der Waals surface area contributed by atoms with Gasteiger partial charge in [0.15, 0.2) is 11.5 Å². The molecule has 0 heterocycles. The number of aromatic hydroxyl groups is 1. The smallest absolute Gasteiger partial charge is 0.306 e. The molecule has 0 saturated heterocycles. The molecule has 0 saturated carbocycles. The predicted octanol–water partition coefficient (Wildman–Crippen LogP) is 3.25. The highest BCUT2D eigenvalue weighted by atomic mass is 16.5. The molecule has 1 rings (SSSR count). The van der Waals surface area contributed by atoms with Crippen LogP contribution in [0, 0.1) is 5.92 Å². The Morgan fingerprint density at radius 3 is 2.53 bits per heavy atom. The summed E-state index contributed by atoms with van der Waals surface area (Å²) in [5, 5.41) is 17.4. The number of allylic oxidation sites excluding steroid dienone is 1. The minimum Gasteiger partial charge on any atom is -0.504 e. The van der Waals surface area contributed by atoms with Crippen LogP contribution >= 0.6 is 0 Å². The van der Waals surface area contributed by atoms with Crippen molar-refractivity contribution >= 4 is 5.97 Å². The average Bonchev–Trinajstić information content (AvgIpc) is 2.40. The van der Waals surface area contributed by atoms with E-state index in [1.165, 1.54) is 7.11 Å². The summed E-state index contributed by atoms with van der Waals surface area (Å²) in [6, 6.07) is 5.27. The van der Waals surface area contributed by atoms with Gasteiger partial charge < -0.3 is 14.9 Å². The molecule has 4 heteroatoms. The number of hydrogen-bond donors (Lipinski definition) is 2. The maximum atomic E-state index is 9.93. The SMILES string of the molecule is C=CCc1ccc(O)c(OC)c1.CCC(C)C(=O)O. The fraction of sp³-hybridized carbons (Fsp3) is 0.400. The summed E-state index contributed by atoms with van der Waals surface area (Å²) in [5.41, 5.74) is 1.08. The molecule has 1 atom stereocenters. The second-order valence-corrected chi connectivity index (χ2v) is 4.15. The highest BCUT2D eigenvalue weighted by Crippen LogP contribution is 2.26. The third-order valence-electron chi connectivity index (χ3n) is 2.66.